The van der Waals surface area contributed by atoms with E-state index in [4.69, 9.17) is 9.47 Å². The van der Waals surface area contributed by atoms with Crippen molar-refractivity contribution in [2.24, 2.45) is 0 Å². The van der Waals surface area contributed by atoms with Gasteiger partial charge in [-0.05, 0) is 63.2 Å². The normalized spacial score (nSPS) is 21.4. The molecule has 0 bridgehead atoms. The zero-order valence-electron chi connectivity index (χ0n) is 21.4. The highest BCUT2D eigenvalue weighted by molar-refractivity contribution is 6.08. The molecule has 0 N–H and O–H groups in total. The molecule has 1 fully saturated rings. The van der Waals surface area contributed by atoms with E-state index >= 15 is 0 Å². The molecule has 2 aliphatic rings. The van der Waals surface area contributed by atoms with Gasteiger partial charge in [0, 0.05) is 13.1 Å². The van der Waals surface area contributed by atoms with Gasteiger partial charge in [0.1, 0.15) is 6.10 Å². The van der Waals surface area contributed by atoms with E-state index in [0.29, 0.717) is 6.61 Å². The Kier molecular flexibility index (Phi) is 5.40. The van der Waals surface area contributed by atoms with Gasteiger partial charge in [-0.15, -0.1) is 0 Å². The number of rotatable bonds is 2. The lowest BCUT2D eigenvalue weighted by atomic mass is 9.88. The molecule has 2 atom stereocenters. The number of hydrogen-bond acceptors (Lipinski definition) is 3. The molecule has 2 aliphatic heterocycles. The van der Waals surface area contributed by atoms with Crippen LogP contribution in [-0.4, -0.2) is 23.3 Å². The molecule has 5 aromatic carbocycles. The fourth-order valence-corrected chi connectivity index (χ4v) is 6.24. The zero-order chi connectivity index (χ0) is 25.0. The molecule has 0 aromatic heterocycles. The zero-order valence-corrected chi connectivity index (χ0v) is 21.4. The van der Waals surface area contributed by atoms with Crippen LogP contribution in [0, 0.1) is 0 Å². The van der Waals surface area contributed by atoms with Crippen LogP contribution in [0.15, 0.2) is 103 Å². The van der Waals surface area contributed by atoms with Crippen molar-refractivity contribution in [3.8, 4) is 11.1 Å². The Labute approximate surface area is 218 Å². The average Bonchev–Trinajstić information content (AvgIpc) is 3.10. The van der Waals surface area contributed by atoms with Gasteiger partial charge in [-0.1, -0.05) is 103 Å². The predicted octanol–water partition coefficient (Wildman–Crippen LogP) is 7.87. The first kappa shape index (κ1) is 22.7. The smallest absolute Gasteiger partial charge is 0.163 e. The largest absolute Gasteiger partial charge is 0.349 e. The van der Waals surface area contributed by atoms with E-state index in [9.17, 15) is 0 Å². The molecule has 184 valence electrons. The molecule has 37 heavy (non-hydrogen) atoms. The van der Waals surface area contributed by atoms with Gasteiger partial charge in [-0.2, -0.15) is 0 Å². The molecule has 0 aliphatic carbocycles. The number of benzene rings is 5. The minimum absolute atomic E-state index is 0.0733. The lowest BCUT2D eigenvalue weighted by Crippen LogP contribution is -2.51. The quantitative estimate of drug-likeness (QED) is 0.254. The summed E-state index contributed by atoms with van der Waals surface area (Å²) < 4.78 is 12.9. The maximum Gasteiger partial charge on any atom is 0.163 e. The van der Waals surface area contributed by atoms with Crippen LogP contribution >= 0.6 is 0 Å². The van der Waals surface area contributed by atoms with Gasteiger partial charge in [0.2, 0.25) is 0 Å². The van der Waals surface area contributed by atoms with Gasteiger partial charge in [0.15, 0.2) is 5.79 Å². The summed E-state index contributed by atoms with van der Waals surface area (Å²) in [6.07, 6.45) is -0.0733. The summed E-state index contributed by atoms with van der Waals surface area (Å²) in [5, 5.41) is 5.19. The fraction of sp³-hybridized carbons (Fsp3) is 0.235. The molecule has 0 saturated carbocycles. The number of fused-ring (bicyclic) bond motifs is 7. The van der Waals surface area contributed by atoms with Crippen molar-refractivity contribution in [3.63, 3.8) is 0 Å². The van der Waals surface area contributed by atoms with Crippen molar-refractivity contribution in [2.75, 3.05) is 6.61 Å². The standard InChI is InChI=1S/C34H31NO2/c1-34(2)36-22-30(33(37-34)25-12-4-3-5-13-25)35-20-26-18-16-23-10-6-8-14-28(23)31(26)32-27(21-35)19-17-24-11-7-9-15-29(24)32/h3-19,30,33H,20-22H2,1-2H3/t30-,33-/m0/s1. The molecule has 0 spiro atoms. The van der Waals surface area contributed by atoms with Gasteiger partial charge in [0.05, 0.1) is 12.6 Å². The third-order valence-electron chi connectivity index (χ3n) is 7.99. The van der Waals surface area contributed by atoms with Crippen LogP contribution in [0.5, 0.6) is 0 Å². The highest BCUT2D eigenvalue weighted by Gasteiger charge is 2.41. The molecule has 1 saturated heterocycles. The van der Waals surface area contributed by atoms with E-state index in [1.807, 2.05) is 13.8 Å². The Balaban J connectivity index is 1.43. The van der Waals surface area contributed by atoms with Crippen LogP contribution in [0.25, 0.3) is 32.7 Å². The second kappa shape index (κ2) is 8.81. The summed E-state index contributed by atoms with van der Waals surface area (Å²) in [4.78, 5) is 2.57. The van der Waals surface area contributed by atoms with E-state index in [1.54, 1.807) is 0 Å². The van der Waals surface area contributed by atoms with Gasteiger partial charge in [0.25, 0.3) is 0 Å². The van der Waals surface area contributed by atoms with E-state index in [-0.39, 0.29) is 12.1 Å². The summed E-state index contributed by atoms with van der Waals surface area (Å²) in [5.74, 6) is -0.620. The number of ether oxygens (including phenoxy) is 2. The van der Waals surface area contributed by atoms with E-state index in [0.717, 1.165) is 13.1 Å². The number of nitrogens with zero attached hydrogens (tertiary/aromatic N) is 1. The van der Waals surface area contributed by atoms with Crippen LogP contribution in [0.2, 0.25) is 0 Å². The summed E-state index contributed by atoms with van der Waals surface area (Å²) in [5.41, 5.74) is 6.63. The van der Waals surface area contributed by atoms with Crippen LogP contribution in [0.1, 0.15) is 36.6 Å². The second-order valence-corrected chi connectivity index (χ2v) is 10.8. The number of hydrogen-bond donors (Lipinski definition) is 0. The van der Waals surface area contributed by atoms with Crippen LogP contribution in [0.3, 0.4) is 0 Å². The lowest BCUT2D eigenvalue weighted by Gasteiger charge is -2.45. The van der Waals surface area contributed by atoms with Crippen molar-refractivity contribution >= 4 is 21.5 Å². The minimum atomic E-state index is -0.620. The predicted molar refractivity (Wildman–Crippen MR) is 150 cm³/mol. The summed E-state index contributed by atoms with van der Waals surface area (Å²) in [7, 11) is 0. The Bertz CT molecular complexity index is 1520. The van der Waals surface area contributed by atoms with Crippen molar-refractivity contribution in [3.05, 3.63) is 120 Å². The summed E-state index contributed by atoms with van der Waals surface area (Å²) >= 11 is 0. The molecule has 0 radical (unpaired) electrons. The molecule has 2 heterocycles. The first-order chi connectivity index (χ1) is 18.1. The molecular formula is C34H31NO2. The van der Waals surface area contributed by atoms with E-state index in [2.05, 4.69) is 108 Å². The monoisotopic (exact) mass is 485 g/mol. The molecule has 0 amide bonds. The Morgan fingerprint density at radius 1 is 0.649 bits per heavy atom. The molecular weight excluding hydrogens is 454 g/mol. The first-order valence-electron chi connectivity index (χ1n) is 13.2. The third-order valence-corrected chi connectivity index (χ3v) is 7.99. The molecule has 3 heteroatoms. The highest BCUT2D eigenvalue weighted by Crippen LogP contribution is 2.44. The lowest BCUT2D eigenvalue weighted by molar-refractivity contribution is -0.298. The molecule has 0 unspecified atom stereocenters. The third kappa shape index (κ3) is 3.95. The van der Waals surface area contributed by atoms with Gasteiger partial charge in [-0.25, -0.2) is 0 Å². The van der Waals surface area contributed by atoms with Gasteiger partial charge in [-0.3, -0.25) is 4.90 Å². The van der Waals surface area contributed by atoms with Crippen molar-refractivity contribution in [1.82, 2.24) is 4.90 Å². The molecule has 5 aromatic rings. The maximum absolute atomic E-state index is 6.62. The highest BCUT2D eigenvalue weighted by atomic mass is 16.7. The maximum atomic E-state index is 6.62. The Morgan fingerprint density at radius 3 is 1.78 bits per heavy atom. The average molecular weight is 486 g/mol. The fourth-order valence-electron chi connectivity index (χ4n) is 6.24. The van der Waals surface area contributed by atoms with E-state index in [1.165, 1.54) is 49.4 Å². The van der Waals surface area contributed by atoms with Crippen LogP contribution in [-0.2, 0) is 22.6 Å². The van der Waals surface area contributed by atoms with E-state index < -0.39 is 5.79 Å². The van der Waals surface area contributed by atoms with Crippen molar-refractivity contribution in [1.29, 1.82) is 0 Å². The summed E-state index contributed by atoms with van der Waals surface area (Å²) in [6.45, 7) is 6.34. The summed E-state index contributed by atoms with van der Waals surface area (Å²) in [6, 6.07) is 37.5. The van der Waals surface area contributed by atoms with Gasteiger partial charge < -0.3 is 9.47 Å². The van der Waals surface area contributed by atoms with Crippen LogP contribution < -0.4 is 0 Å². The molecule has 7 rings (SSSR count). The van der Waals surface area contributed by atoms with Crippen molar-refractivity contribution in [2.45, 2.75) is 44.9 Å². The topological polar surface area (TPSA) is 21.7 Å². The Morgan fingerprint density at radius 2 is 1.19 bits per heavy atom. The first-order valence-corrected chi connectivity index (χ1v) is 13.2. The SMILES string of the molecule is CC1(C)OC[C@H](N2Cc3ccc4ccccc4c3-c3c(ccc4ccccc34)C2)[C@H](c2ccccc2)O1. The Hall–Kier alpha value is -3.50. The van der Waals surface area contributed by atoms with Gasteiger partial charge >= 0.3 is 0 Å². The second-order valence-electron chi connectivity index (χ2n) is 10.8. The van der Waals surface area contributed by atoms with Crippen molar-refractivity contribution < 1.29 is 9.47 Å². The molecule has 3 nitrogen and oxygen atoms in total. The minimum Gasteiger partial charge on any atom is -0.349 e. The van der Waals surface area contributed by atoms with Crippen LogP contribution in [0.4, 0.5) is 0 Å².